The molecule has 2 aromatic carbocycles. The van der Waals surface area contributed by atoms with Crippen LogP contribution in [-0.4, -0.2) is 36.9 Å². The molecule has 138 valence electrons. The van der Waals surface area contributed by atoms with Gasteiger partial charge in [-0.1, -0.05) is 6.07 Å². The van der Waals surface area contributed by atoms with Crippen molar-refractivity contribution in [2.75, 3.05) is 36.8 Å². The van der Waals surface area contributed by atoms with Crippen molar-refractivity contribution in [3.63, 3.8) is 0 Å². The highest BCUT2D eigenvalue weighted by molar-refractivity contribution is 6.00. The van der Waals surface area contributed by atoms with Crippen LogP contribution in [0.15, 0.2) is 48.7 Å². The quantitative estimate of drug-likeness (QED) is 0.550. The number of nitrogens with zero attached hydrogens (tertiary/aromatic N) is 2. The fourth-order valence-electron chi connectivity index (χ4n) is 3.38. The third-order valence-corrected chi connectivity index (χ3v) is 4.93. The zero-order valence-electron chi connectivity index (χ0n) is 14.9. The number of nitrogens with one attached hydrogen (secondary N) is 1. The van der Waals surface area contributed by atoms with Crippen LogP contribution in [0.5, 0.6) is 0 Å². The molecule has 0 amide bonds. The highest BCUT2D eigenvalue weighted by Gasteiger charge is 2.14. The van der Waals surface area contributed by atoms with Crippen LogP contribution < -0.4 is 16.0 Å². The molecule has 1 aromatic heterocycles. The first-order valence-corrected chi connectivity index (χ1v) is 9.03. The molecule has 1 aliphatic heterocycles. The molecule has 1 saturated heterocycles. The average molecular weight is 364 g/mol. The summed E-state index contributed by atoms with van der Waals surface area (Å²) in [7, 11) is 0. The first-order chi connectivity index (χ1) is 13.1. The number of rotatable bonds is 4. The number of carbonyl (C=O) groups is 1. The van der Waals surface area contributed by atoms with Gasteiger partial charge in [0.15, 0.2) is 5.78 Å². The number of hydrogen-bond acceptors (Lipinski definition) is 5. The van der Waals surface area contributed by atoms with Gasteiger partial charge in [0, 0.05) is 61.1 Å². The second-order valence-corrected chi connectivity index (χ2v) is 6.78. The molecule has 0 spiro atoms. The molecular formula is C21H21FN4O. The Morgan fingerprint density at radius 1 is 1.15 bits per heavy atom. The van der Waals surface area contributed by atoms with Gasteiger partial charge < -0.3 is 16.0 Å². The maximum Gasteiger partial charge on any atom is 0.168 e. The predicted molar refractivity (Wildman–Crippen MR) is 106 cm³/mol. The number of benzene rings is 2. The molecule has 1 fully saturated rings. The van der Waals surface area contributed by atoms with E-state index in [0.717, 1.165) is 42.8 Å². The van der Waals surface area contributed by atoms with Gasteiger partial charge in [-0.3, -0.25) is 9.78 Å². The molecule has 5 nitrogen and oxygen atoms in total. The number of pyridine rings is 1. The Balaban J connectivity index is 1.57. The van der Waals surface area contributed by atoms with Crippen LogP contribution in [0.4, 0.5) is 15.8 Å². The maximum atomic E-state index is 13.4. The molecule has 4 rings (SSSR count). The summed E-state index contributed by atoms with van der Waals surface area (Å²) in [5.74, 6) is -0.531. The molecule has 0 bridgehead atoms. The SMILES string of the molecule is Nc1ccc(F)cc1CC(=O)c1cnc2cc(N3CCNCC3)ccc2c1. The van der Waals surface area contributed by atoms with Crippen molar-refractivity contribution in [3.8, 4) is 0 Å². The van der Waals surface area contributed by atoms with E-state index in [1.807, 2.05) is 12.1 Å². The number of nitrogen functional groups attached to an aromatic ring is 1. The molecule has 6 heteroatoms. The average Bonchev–Trinajstić information content (AvgIpc) is 2.70. The molecular weight excluding hydrogens is 343 g/mol. The summed E-state index contributed by atoms with van der Waals surface area (Å²) in [6.45, 7) is 3.89. The van der Waals surface area contributed by atoms with E-state index in [1.54, 1.807) is 6.20 Å². The Morgan fingerprint density at radius 3 is 2.78 bits per heavy atom. The normalized spacial score (nSPS) is 14.5. The molecule has 27 heavy (non-hydrogen) atoms. The Kier molecular flexibility index (Phi) is 4.73. The van der Waals surface area contributed by atoms with E-state index in [4.69, 9.17) is 5.73 Å². The summed E-state index contributed by atoms with van der Waals surface area (Å²) < 4.78 is 13.4. The lowest BCUT2D eigenvalue weighted by molar-refractivity contribution is 0.0993. The van der Waals surface area contributed by atoms with Crippen LogP contribution in [0, 0.1) is 5.82 Å². The van der Waals surface area contributed by atoms with E-state index >= 15 is 0 Å². The maximum absolute atomic E-state index is 13.4. The van der Waals surface area contributed by atoms with E-state index in [2.05, 4.69) is 27.3 Å². The van der Waals surface area contributed by atoms with E-state index in [1.165, 1.54) is 18.2 Å². The first-order valence-electron chi connectivity index (χ1n) is 9.03. The van der Waals surface area contributed by atoms with Crippen LogP contribution in [0.1, 0.15) is 15.9 Å². The van der Waals surface area contributed by atoms with Crippen molar-refractivity contribution in [3.05, 3.63) is 65.6 Å². The smallest absolute Gasteiger partial charge is 0.168 e. The molecule has 2 heterocycles. The van der Waals surface area contributed by atoms with Gasteiger partial charge in [-0.05, 0) is 42.0 Å². The Labute approximate surface area is 157 Å². The predicted octanol–water partition coefficient (Wildman–Crippen LogP) is 2.79. The zero-order valence-corrected chi connectivity index (χ0v) is 14.9. The van der Waals surface area contributed by atoms with Crippen LogP contribution in [-0.2, 0) is 6.42 Å². The van der Waals surface area contributed by atoms with Crippen molar-refractivity contribution in [2.24, 2.45) is 0 Å². The number of anilines is 2. The standard InChI is InChI=1S/C21H21FN4O/c22-17-2-4-19(23)15(10-17)11-21(27)16-9-14-1-3-18(12-20(14)25-13-16)26-7-5-24-6-8-26/h1-4,9-10,12-13,24H,5-8,11,23H2. The van der Waals surface area contributed by atoms with Crippen LogP contribution in [0.2, 0.25) is 0 Å². The number of aromatic nitrogens is 1. The number of nitrogens with two attached hydrogens (primary N) is 1. The lowest BCUT2D eigenvalue weighted by Gasteiger charge is -2.29. The number of hydrogen-bond donors (Lipinski definition) is 2. The van der Waals surface area contributed by atoms with Gasteiger partial charge in [0.1, 0.15) is 5.82 Å². The minimum atomic E-state index is -0.399. The van der Waals surface area contributed by atoms with Crippen molar-refractivity contribution < 1.29 is 9.18 Å². The van der Waals surface area contributed by atoms with Crippen molar-refractivity contribution >= 4 is 28.1 Å². The summed E-state index contributed by atoms with van der Waals surface area (Å²) in [5, 5.41) is 4.25. The molecule has 0 saturated carbocycles. The lowest BCUT2D eigenvalue weighted by atomic mass is 10.0. The largest absolute Gasteiger partial charge is 0.398 e. The van der Waals surface area contributed by atoms with Crippen LogP contribution >= 0.6 is 0 Å². The van der Waals surface area contributed by atoms with Crippen molar-refractivity contribution in [1.29, 1.82) is 0 Å². The van der Waals surface area contributed by atoms with Gasteiger partial charge in [0.05, 0.1) is 5.52 Å². The van der Waals surface area contributed by atoms with Crippen LogP contribution in [0.3, 0.4) is 0 Å². The minimum Gasteiger partial charge on any atom is -0.398 e. The number of carbonyl (C=O) groups excluding carboxylic acids is 1. The first kappa shape index (κ1) is 17.4. The summed E-state index contributed by atoms with van der Waals surface area (Å²) in [5.41, 5.74) is 9.26. The van der Waals surface area contributed by atoms with Gasteiger partial charge in [0.25, 0.3) is 0 Å². The molecule has 0 aliphatic carbocycles. The Morgan fingerprint density at radius 2 is 1.96 bits per heavy atom. The van der Waals surface area contributed by atoms with Gasteiger partial charge in [0.2, 0.25) is 0 Å². The van der Waals surface area contributed by atoms with Gasteiger partial charge in [-0.25, -0.2) is 4.39 Å². The van der Waals surface area contributed by atoms with Gasteiger partial charge in [-0.15, -0.1) is 0 Å². The van der Waals surface area contributed by atoms with Gasteiger partial charge in [-0.2, -0.15) is 0 Å². The zero-order chi connectivity index (χ0) is 18.8. The molecule has 0 radical (unpaired) electrons. The molecule has 3 aromatic rings. The summed E-state index contributed by atoms with van der Waals surface area (Å²) >= 11 is 0. The second kappa shape index (κ2) is 7.32. The van der Waals surface area contributed by atoms with E-state index in [9.17, 15) is 9.18 Å². The molecule has 1 aliphatic rings. The van der Waals surface area contributed by atoms with E-state index in [0.29, 0.717) is 16.8 Å². The minimum absolute atomic E-state index is 0.0512. The highest BCUT2D eigenvalue weighted by atomic mass is 19.1. The van der Waals surface area contributed by atoms with Crippen molar-refractivity contribution in [2.45, 2.75) is 6.42 Å². The lowest BCUT2D eigenvalue weighted by Crippen LogP contribution is -2.43. The number of Topliss-reactive ketones (excluding diaryl/α,β-unsaturated/α-hetero) is 1. The third kappa shape index (κ3) is 3.75. The van der Waals surface area contributed by atoms with E-state index < -0.39 is 5.82 Å². The summed E-state index contributed by atoms with van der Waals surface area (Å²) in [4.78, 5) is 19.4. The second-order valence-electron chi connectivity index (χ2n) is 6.78. The monoisotopic (exact) mass is 364 g/mol. The summed E-state index contributed by atoms with van der Waals surface area (Å²) in [6, 6.07) is 12.0. The number of halogens is 1. The fourth-order valence-corrected chi connectivity index (χ4v) is 3.38. The number of piperazine rings is 1. The molecule has 3 N–H and O–H groups in total. The van der Waals surface area contributed by atoms with E-state index in [-0.39, 0.29) is 12.2 Å². The van der Waals surface area contributed by atoms with Gasteiger partial charge >= 0.3 is 0 Å². The number of fused-ring (bicyclic) bond motifs is 1. The highest BCUT2D eigenvalue weighted by Crippen LogP contribution is 2.23. The molecule has 0 unspecified atom stereocenters. The third-order valence-electron chi connectivity index (χ3n) is 4.93. The Hall–Kier alpha value is -2.99. The summed E-state index contributed by atoms with van der Waals surface area (Å²) in [6.07, 6.45) is 1.64. The Bertz CT molecular complexity index is 999. The van der Waals surface area contributed by atoms with Crippen LogP contribution in [0.25, 0.3) is 10.9 Å². The van der Waals surface area contributed by atoms with Crippen molar-refractivity contribution in [1.82, 2.24) is 10.3 Å². The topological polar surface area (TPSA) is 71.2 Å². The molecule has 0 atom stereocenters. The number of ketones is 1. The fraction of sp³-hybridized carbons (Fsp3) is 0.238.